The average molecular weight is 346 g/mol. The van der Waals surface area contributed by atoms with Crippen molar-refractivity contribution in [2.45, 2.75) is 26.1 Å². The van der Waals surface area contributed by atoms with Gasteiger partial charge in [-0.05, 0) is 30.7 Å². The Labute approximate surface area is 145 Å². The highest BCUT2D eigenvalue weighted by atomic mass is 35.5. The van der Waals surface area contributed by atoms with Crippen molar-refractivity contribution < 1.29 is 5.11 Å². The number of rotatable bonds is 5. The normalized spacial score (nSPS) is 16.0. The number of aromatic nitrogens is 4. The standard InChI is InChI=1S/C17H20ClN5O/c1-12-7-19-23(8-12)14-9-21(10-14)11-17-20-15-6-13(18)2-3-16(15)22(17)4-5-24/h2-3,6-8,14,24H,4-5,9-11H2,1H3. The Hall–Kier alpha value is -1.89. The molecule has 1 aromatic carbocycles. The van der Waals surface area contributed by atoms with Crippen LogP contribution in [0.5, 0.6) is 0 Å². The minimum atomic E-state index is 0.0935. The molecule has 1 saturated heterocycles. The molecule has 6 nitrogen and oxygen atoms in total. The number of nitrogens with zero attached hydrogens (tertiary/aromatic N) is 5. The van der Waals surface area contributed by atoms with Crippen molar-refractivity contribution in [3.8, 4) is 0 Å². The van der Waals surface area contributed by atoms with Gasteiger partial charge < -0.3 is 9.67 Å². The van der Waals surface area contributed by atoms with Crippen molar-refractivity contribution in [3.05, 3.63) is 47.0 Å². The van der Waals surface area contributed by atoms with Crippen LogP contribution in [0.4, 0.5) is 0 Å². The molecule has 3 aromatic rings. The van der Waals surface area contributed by atoms with Gasteiger partial charge in [0.1, 0.15) is 5.82 Å². The molecule has 24 heavy (non-hydrogen) atoms. The highest BCUT2D eigenvalue weighted by Crippen LogP contribution is 2.25. The van der Waals surface area contributed by atoms with Gasteiger partial charge in [-0.1, -0.05) is 11.6 Å². The van der Waals surface area contributed by atoms with E-state index in [1.807, 2.05) is 29.1 Å². The minimum Gasteiger partial charge on any atom is -0.395 e. The van der Waals surface area contributed by atoms with Gasteiger partial charge in [-0.25, -0.2) is 4.98 Å². The molecule has 0 saturated carbocycles. The molecule has 0 spiro atoms. The van der Waals surface area contributed by atoms with Crippen LogP contribution in [0.2, 0.25) is 5.02 Å². The summed E-state index contributed by atoms with van der Waals surface area (Å²) in [5.74, 6) is 0.969. The average Bonchev–Trinajstić information content (AvgIpc) is 3.07. The fraction of sp³-hybridized carbons (Fsp3) is 0.412. The van der Waals surface area contributed by atoms with E-state index in [-0.39, 0.29) is 6.61 Å². The molecule has 1 aliphatic rings. The second kappa shape index (κ2) is 6.20. The van der Waals surface area contributed by atoms with Crippen LogP contribution in [0, 0.1) is 6.92 Å². The summed E-state index contributed by atoms with van der Waals surface area (Å²) < 4.78 is 4.12. The number of likely N-dealkylation sites (tertiary alicyclic amines) is 1. The topological polar surface area (TPSA) is 59.1 Å². The third kappa shape index (κ3) is 2.81. The van der Waals surface area contributed by atoms with Crippen molar-refractivity contribution >= 4 is 22.6 Å². The van der Waals surface area contributed by atoms with E-state index < -0.39 is 0 Å². The molecule has 126 valence electrons. The Kier molecular flexibility index (Phi) is 4.04. The number of fused-ring (bicyclic) bond motifs is 1. The lowest BCUT2D eigenvalue weighted by Gasteiger charge is -2.38. The molecular formula is C17H20ClN5O. The predicted octanol–water partition coefficient (Wildman–Crippen LogP) is 2.24. The first kappa shape index (κ1) is 15.6. The molecule has 0 atom stereocenters. The van der Waals surface area contributed by atoms with Gasteiger partial charge in [-0.15, -0.1) is 0 Å². The highest BCUT2D eigenvalue weighted by Gasteiger charge is 2.29. The molecule has 4 rings (SSSR count). The van der Waals surface area contributed by atoms with Gasteiger partial charge in [-0.3, -0.25) is 9.58 Å². The van der Waals surface area contributed by atoms with E-state index in [9.17, 15) is 5.11 Å². The SMILES string of the molecule is Cc1cnn(C2CN(Cc3nc4cc(Cl)ccc4n3CCO)C2)c1. The second-order valence-corrected chi connectivity index (χ2v) is 6.82. The maximum atomic E-state index is 9.38. The summed E-state index contributed by atoms with van der Waals surface area (Å²) in [6, 6.07) is 6.14. The smallest absolute Gasteiger partial charge is 0.124 e. The molecule has 0 radical (unpaired) electrons. The van der Waals surface area contributed by atoms with E-state index in [0.717, 1.165) is 36.5 Å². The molecule has 1 N–H and O–H groups in total. The lowest BCUT2D eigenvalue weighted by molar-refractivity contribution is 0.0866. The monoisotopic (exact) mass is 345 g/mol. The van der Waals surface area contributed by atoms with E-state index >= 15 is 0 Å². The van der Waals surface area contributed by atoms with Gasteiger partial charge >= 0.3 is 0 Å². The summed E-state index contributed by atoms with van der Waals surface area (Å²) in [6.07, 6.45) is 3.98. The molecule has 1 aliphatic heterocycles. The number of halogens is 1. The second-order valence-electron chi connectivity index (χ2n) is 6.38. The van der Waals surface area contributed by atoms with Gasteiger partial charge in [0.2, 0.25) is 0 Å². The van der Waals surface area contributed by atoms with Crippen molar-refractivity contribution in [1.82, 2.24) is 24.2 Å². The summed E-state index contributed by atoms with van der Waals surface area (Å²) in [5, 5.41) is 14.4. The number of hydrogen-bond donors (Lipinski definition) is 1. The van der Waals surface area contributed by atoms with E-state index in [2.05, 4.69) is 27.7 Å². The zero-order chi connectivity index (χ0) is 16.7. The number of aliphatic hydroxyl groups excluding tert-OH is 1. The van der Waals surface area contributed by atoms with Crippen molar-refractivity contribution in [3.63, 3.8) is 0 Å². The van der Waals surface area contributed by atoms with Crippen molar-refractivity contribution in [2.24, 2.45) is 0 Å². The first-order valence-corrected chi connectivity index (χ1v) is 8.50. The van der Waals surface area contributed by atoms with Gasteiger partial charge in [0, 0.05) is 30.9 Å². The van der Waals surface area contributed by atoms with Crippen LogP contribution < -0.4 is 0 Å². The fourth-order valence-electron chi connectivity index (χ4n) is 3.29. The number of aryl methyl sites for hydroxylation is 1. The number of aliphatic hydroxyl groups is 1. The molecule has 2 aromatic heterocycles. The summed E-state index contributed by atoms with van der Waals surface area (Å²) in [4.78, 5) is 7.06. The molecule has 0 unspecified atom stereocenters. The Balaban J connectivity index is 1.51. The Bertz CT molecular complexity index is 865. The molecular weight excluding hydrogens is 326 g/mol. The third-order valence-electron chi connectivity index (χ3n) is 4.52. The zero-order valence-corrected chi connectivity index (χ0v) is 14.3. The quantitative estimate of drug-likeness (QED) is 0.770. The maximum Gasteiger partial charge on any atom is 0.124 e. The Morgan fingerprint density at radius 1 is 1.33 bits per heavy atom. The summed E-state index contributed by atoms with van der Waals surface area (Å²) in [7, 11) is 0. The van der Waals surface area contributed by atoms with Crippen molar-refractivity contribution in [2.75, 3.05) is 19.7 Å². The molecule has 1 fully saturated rings. The number of benzene rings is 1. The van der Waals surface area contributed by atoms with Gasteiger partial charge in [0.25, 0.3) is 0 Å². The van der Waals surface area contributed by atoms with Gasteiger partial charge in [0.15, 0.2) is 0 Å². The molecule has 0 aliphatic carbocycles. The van der Waals surface area contributed by atoms with E-state index in [1.54, 1.807) is 0 Å². The Morgan fingerprint density at radius 3 is 2.88 bits per heavy atom. The van der Waals surface area contributed by atoms with Gasteiger partial charge in [0.05, 0.1) is 36.4 Å². The first-order valence-electron chi connectivity index (χ1n) is 8.12. The van der Waals surface area contributed by atoms with Crippen LogP contribution in [0.3, 0.4) is 0 Å². The summed E-state index contributed by atoms with van der Waals surface area (Å²) in [6.45, 7) is 5.39. The minimum absolute atomic E-state index is 0.0935. The van der Waals surface area contributed by atoms with E-state index in [0.29, 0.717) is 17.6 Å². The highest BCUT2D eigenvalue weighted by molar-refractivity contribution is 6.31. The van der Waals surface area contributed by atoms with E-state index in [1.165, 1.54) is 5.56 Å². The number of imidazole rings is 1. The van der Waals surface area contributed by atoms with Crippen molar-refractivity contribution in [1.29, 1.82) is 0 Å². The van der Waals surface area contributed by atoms with Crippen LogP contribution in [-0.4, -0.2) is 49.0 Å². The lowest BCUT2D eigenvalue weighted by atomic mass is 10.1. The third-order valence-corrected chi connectivity index (χ3v) is 4.76. The van der Waals surface area contributed by atoms with Crippen LogP contribution in [0.25, 0.3) is 11.0 Å². The zero-order valence-electron chi connectivity index (χ0n) is 13.6. The lowest BCUT2D eigenvalue weighted by Crippen LogP contribution is -2.47. The molecule has 7 heteroatoms. The largest absolute Gasteiger partial charge is 0.395 e. The fourth-order valence-corrected chi connectivity index (χ4v) is 3.46. The summed E-state index contributed by atoms with van der Waals surface area (Å²) in [5.41, 5.74) is 3.09. The van der Waals surface area contributed by atoms with Gasteiger partial charge in [-0.2, -0.15) is 5.10 Å². The van der Waals surface area contributed by atoms with Crippen LogP contribution in [0.15, 0.2) is 30.6 Å². The maximum absolute atomic E-state index is 9.38. The first-order chi connectivity index (χ1) is 11.6. The number of hydrogen-bond acceptors (Lipinski definition) is 4. The molecule has 0 amide bonds. The van der Waals surface area contributed by atoms with Crippen LogP contribution >= 0.6 is 11.6 Å². The Morgan fingerprint density at radius 2 is 2.17 bits per heavy atom. The summed E-state index contributed by atoms with van der Waals surface area (Å²) >= 11 is 6.07. The predicted molar refractivity (Wildman–Crippen MR) is 93.1 cm³/mol. The molecule has 3 heterocycles. The van der Waals surface area contributed by atoms with Crippen LogP contribution in [-0.2, 0) is 13.1 Å². The molecule has 0 bridgehead atoms. The van der Waals surface area contributed by atoms with Crippen LogP contribution in [0.1, 0.15) is 17.4 Å². The van der Waals surface area contributed by atoms with E-state index in [4.69, 9.17) is 16.6 Å².